The van der Waals surface area contributed by atoms with Crippen molar-refractivity contribution < 1.29 is 19.0 Å². The summed E-state index contributed by atoms with van der Waals surface area (Å²) in [5, 5.41) is 12.8. The summed E-state index contributed by atoms with van der Waals surface area (Å²) in [5.74, 6) is 1.20. The number of aliphatic hydroxyl groups excluding tert-OH is 1. The largest absolute Gasteiger partial charge is 0.486 e. The first-order valence-corrected chi connectivity index (χ1v) is 8.85. The Morgan fingerprint density at radius 1 is 1.27 bits per heavy atom. The maximum Gasteiger partial charge on any atom is 0.163 e. The molecule has 0 aliphatic carbocycles. The van der Waals surface area contributed by atoms with Crippen LogP contribution in [0.4, 0.5) is 15.9 Å². The van der Waals surface area contributed by atoms with Crippen LogP contribution in [0.3, 0.4) is 0 Å². The van der Waals surface area contributed by atoms with E-state index >= 15 is 0 Å². The van der Waals surface area contributed by atoms with E-state index in [1.807, 2.05) is 0 Å². The molecule has 1 aliphatic rings. The molecule has 1 unspecified atom stereocenters. The van der Waals surface area contributed by atoms with Crippen molar-refractivity contribution in [3.8, 4) is 11.5 Å². The summed E-state index contributed by atoms with van der Waals surface area (Å²) < 4.78 is 26.2. The molecule has 2 N–H and O–H groups in total. The number of anilines is 2. The van der Waals surface area contributed by atoms with Gasteiger partial charge in [-0.25, -0.2) is 14.4 Å². The quantitative estimate of drug-likeness (QED) is 0.669. The highest BCUT2D eigenvalue weighted by Gasteiger charge is 2.22. The van der Waals surface area contributed by atoms with Crippen molar-refractivity contribution >= 4 is 38.3 Å². The monoisotopic (exact) mass is 419 g/mol. The van der Waals surface area contributed by atoms with E-state index < -0.39 is 5.82 Å². The minimum absolute atomic E-state index is 0.0228. The molecule has 6 nitrogen and oxygen atoms in total. The van der Waals surface area contributed by atoms with E-state index in [4.69, 9.17) is 14.6 Å². The summed E-state index contributed by atoms with van der Waals surface area (Å²) in [6.45, 7) is 0.396. The van der Waals surface area contributed by atoms with E-state index in [0.29, 0.717) is 51.4 Å². The third-order valence-electron chi connectivity index (χ3n) is 4.07. The molecule has 0 saturated heterocycles. The van der Waals surface area contributed by atoms with Gasteiger partial charge in [0.1, 0.15) is 24.9 Å². The van der Waals surface area contributed by atoms with Gasteiger partial charge >= 0.3 is 0 Å². The van der Waals surface area contributed by atoms with Gasteiger partial charge in [0.05, 0.1) is 15.7 Å². The molecule has 2 heterocycles. The van der Waals surface area contributed by atoms with Crippen LogP contribution in [0.25, 0.3) is 10.9 Å². The van der Waals surface area contributed by atoms with E-state index in [1.165, 1.54) is 6.33 Å². The van der Waals surface area contributed by atoms with Gasteiger partial charge in [-0.1, -0.05) is 6.07 Å². The lowest BCUT2D eigenvalue weighted by atomic mass is 10.1. The number of nitrogens with zero attached hydrogens (tertiary/aromatic N) is 2. The number of rotatable bonds is 4. The van der Waals surface area contributed by atoms with Crippen LogP contribution in [0, 0.1) is 5.82 Å². The zero-order valence-corrected chi connectivity index (χ0v) is 15.2. The molecule has 0 fully saturated rings. The van der Waals surface area contributed by atoms with Gasteiger partial charge in [0.2, 0.25) is 0 Å². The summed E-state index contributed by atoms with van der Waals surface area (Å²) in [4.78, 5) is 8.49. The predicted molar refractivity (Wildman–Crippen MR) is 98.5 cm³/mol. The average Bonchev–Trinajstić information content (AvgIpc) is 2.64. The van der Waals surface area contributed by atoms with Crippen LogP contribution in [0.5, 0.6) is 11.5 Å². The van der Waals surface area contributed by atoms with Crippen molar-refractivity contribution in [2.24, 2.45) is 0 Å². The lowest BCUT2D eigenvalue weighted by Crippen LogP contribution is -2.29. The van der Waals surface area contributed by atoms with Crippen LogP contribution < -0.4 is 14.8 Å². The molecule has 26 heavy (non-hydrogen) atoms. The highest BCUT2D eigenvalue weighted by Crippen LogP contribution is 2.38. The number of ether oxygens (including phenoxy) is 2. The molecule has 8 heteroatoms. The number of fused-ring (bicyclic) bond motifs is 2. The van der Waals surface area contributed by atoms with Gasteiger partial charge in [-0.3, -0.25) is 0 Å². The SMILES string of the molecule is OCCC1COc2cc3ncnc(Nc4cccc(Br)c4F)c3cc2O1. The number of aromatic nitrogens is 2. The Labute approximate surface area is 157 Å². The lowest BCUT2D eigenvalue weighted by molar-refractivity contribution is 0.0707. The summed E-state index contributed by atoms with van der Waals surface area (Å²) in [6, 6.07) is 8.53. The fraction of sp³-hybridized carbons (Fsp3) is 0.222. The number of benzene rings is 2. The van der Waals surface area contributed by atoms with Gasteiger partial charge in [0.25, 0.3) is 0 Å². The maximum atomic E-state index is 14.3. The second-order valence-electron chi connectivity index (χ2n) is 5.83. The van der Waals surface area contributed by atoms with Crippen LogP contribution in [-0.2, 0) is 0 Å². The van der Waals surface area contributed by atoms with Crippen LogP contribution in [-0.4, -0.2) is 34.4 Å². The Bertz CT molecular complexity index is 970. The first-order chi connectivity index (χ1) is 12.7. The van der Waals surface area contributed by atoms with Gasteiger partial charge in [-0.2, -0.15) is 0 Å². The Morgan fingerprint density at radius 3 is 3.00 bits per heavy atom. The van der Waals surface area contributed by atoms with Gasteiger partial charge in [-0.15, -0.1) is 0 Å². The van der Waals surface area contributed by atoms with Crippen LogP contribution >= 0.6 is 15.9 Å². The zero-order valence-electron chi connectivity index (χ0n) is 13.6. The smallest absolute Gasteiger partial charge is 0.163 e. The second-order valence-corrected chi connectivity index (χ2v) is 6.68. The Kier molecular flexibility index (Phi) is 4.60. The number of hydrogen-bond donors (Lipinski definition) is 2. The van der Waals surface area contributed by atoms with Gasteiger partial charge in [0.15, 0.2) is 17.3 Å². The summed E-state index contributed by atoms with van der Waals surface area (Å²) in [5.41, 5.74) is 0.952. The first-order valence-electron chi connectivity index (χ1n) is 8.06. The molecular formula is C18H15BrFN3O3. The molecule has 0 amide bonds. The van der Waals surface area contributed by atoms with Crippen molar-refractivity contribution in [1.29, 1.82) is 0 Å². The number of hydrogen-bond acceptors (Lipinski definition) is 6. The van der Waals surface area contributed by atoms with Crippen molar-refractivity contribution in [2.75, 3.05) is 18.5 Å². The van der Waals surface area contributed by atoms with Crippen molar-refractivity contribution in [3.05, 3.63) is 46.9 Å². The predicted octanol–water partition coefficient (Wildman–Crippen LogP) is 3.80. The number of nitrogens with one attached hydrogen (secondary N) is 1. The molecule has 0 saturated carbocycles. The Morgan fingerprint density at radius 2 is 2.15 bits per heavy atom. The molecular weight excluding hydrogens is 405 g/mol. The number of halogens is 2. The summed E-state index contributed by atoms with van der Waals surface area (Å²) in [6.07, 6.45) is 1.68. The van der Waals surface area contributed by atoms with E-state index in [-0.39, 0.29) is 12.7 Å². The topological polar surface area (TPSA) is 76.5 Å². The normalized spacial score (nSPS) is 15.9. The van der Waals surface area contributed by atoms with E-state index in [1.54, 1.807) is 30.3 Å². The van der Waals surface area contributed by atoms with Gasteiger partial charge < -0.3 is 19.9 Å². The Balaban J connectivity index is 1.74. The van der Waals surface area contributed by atoms with Crippen LogP contribution in [0.2, 0.25) is 0 Å². The third kappa shape index (κ3) is 3.17. The fourth-order valence-electron chi connectivity index (χ4n) is 2.78. The summed E-state index contributed by atoms with van der Waals surface area (Å²) in [7, 11) is 0. The molecule has 1 atom stereocenters. The van der Waals surface area contributed by atoms with Gasteiger partial charge in [0, 0.05) is 24.5 Å². The second kappa shape index (κ2) is 7.05. The fourth-order valence-corrected chi connectivity index (χ4v) is 3.15. The summed E-state index contributed by atoms with van der Waals surface area (Å²) >= 11 is 3.18. The van der Waals surface area contributed by atoms with Crippen LogP contribution in [0.1, 0.15) is 6.42 Å². The lowest BCUT2D eigenvalue weighted by Gasteiger charge is -2.26. The van der Waals surface area contributed by atoms with Crippen molar-refractivity contribution in [3.63, 3.8) is 0 Å². The molecule has 1 aromatic heterocycles. The first kappa shape index (κ1) is 17.0. The van der Waals surface area contributed by atoms with E-state index in [0.717, 1.165) is 0 Å². The van der Waals surface area contributed by atoms with E-state index in [2.05, 4.69) is 31.2 Å². The average molecular weight is 420 g/mol. The van der Waals surface area contributed by atoms with Crippen LogP contribution in [0.15, 0.2) is 41.1 Å². The third-order valence-corrected chi connectivity index (χ3v) is 4.69. The van der Waals surface area contributed by atoms with E-state index in [9.17, 15) is 4.39 Å². The zero-order chi connectivity index (χ0) is 18.1. The molecule has 2 aromatic carbocycles. The molecule has 0 bridgehead atoms. The standard InChI is InChI=1S/C18H15BrFN3O3/c19-12-2-1-3-13(17(12)20)23-18-11-6-16-15(7-14(11)21-9-22-18)25-8-10(26-16)4-5-24/h1-3,6-7,9-10,24H,4-5,8H2,(H,21,22,23). The van der Waals surface area contributed by atoms with Crippen molar-refractivity contribution in [2.45, 2.75) is 12.5 Å². The minimum Gasteiger partial charge on any atom is -0.486 e. The number of aliphatic hydroxyl groups is 1. The molecule has 1 aliphatic heterocycles. The molecule has 4 rings (SSSR count). The molecule has 0 radical (unpaired) electrons. The van der Waals surface area contributed by atoms with Crippen molar-refractivity contribution in [1.82, 2.24) is 9.97 Å². The Hall–Kier alpha value is -2.45. The molecule has 0 spiro atoms. The molecule has 3 aromatic rings. The highest BCUT2D eigenvalue weighted by molar-refractivity contribution is 9.10. The highest BCUT2D eigenvalue weighted by atomic mass is 79.9. The minimum atomic E-state index is -0.403. The maximum absolute atomic E-state index is 14.3. The molecule has 134 valence electrons. The van der Waals surface area contributed by atoms with Gasteiger partial charge in [-0.05, 0) is 34.1 Å².